The Morgan fingerprint density at radius 2 is 1.71 bits per heavy atom. The molecule has 9 nitrogen and oxygen atoms in total. The molecule has 0 spiro atoms. The summed E-state index contributed by atoms with van der Waals surface area (Å²) in [5, 5.41) is 0. The van der Waals surface area contributed by atoms with E-state index in [1.807, 2.05) is 0 Å². The molecule has 3 rings (SSSR count). The first-order valence-corrected chi connectivity index (χ1v) is 11.7. The third kappa shape index (κ3) is 7.05. The molecule has 3 aliphatic heterocycles. The minimum Gasteiger partial charge on any atom is -0.456 e. The second kappa shape index (κ2) is 11.3. The lowest BCUT2D eigenvalue weighted by Gasteiger charge is -2.46. The van der Waals surface area contributed by atoms with Gasteiger partial charge in [0.15, 0.2) is 12.2 Å². The summed E-state index contributed by atoms with van der Waals surface area (Å²) in [7, 11) is 0. The summed E-state index contributed by atoms with van der Waals surface area (Å²) in [6, 6.07) is 0. The van der Waals surface area contributed by atoms with E-state index in [0.29, 0.717) is 6.61 Å². The number of hydrogen-bond donors (Lipinski definition) is 0. The molecule has 0 aromatic heterocycles. The van der Waals surface area contributed by atoms with E-state index < -0.39 is 54.0 Å². The van der Waals surface area contributed by atoms with Gasteiger partial charge in [-0.15, -0.1) is 0 Å². The lowest BCUT2D eigenvalue weighted by atomic mass is 9.89. The van der Waals surface area contributed by atoms with Crippen molar-refractivity contribution in [3.8, 4) is 11.8 Å². The number of ether oxygens (including phenoxy) is 6. The Labute approximate surface area is 200 Å². The number of hydrogen-bond acceptors (Lipinski definition) is 9. The fourth-order valence-electron chi connectivity index (χ4n) is 4.02. The lowest BCUT2D eigenvalue weighted by molar-refractivity contribution is -0.259. The van der Waals surface area contributed by atoms with E-state index in [4.69, 9.17) is 28.4 Å². The quantitative estimate of drug-likeness (QED) is 0.260. The van der Waals surface area contributed by atoms with E-state index in [9.17, 15) is 14.4 Å². The first-order chi connectivity index (χ1) is 16.0. The van der Waals surface area contributed by atoms with Crippen LogP contribution >= 0.6 is 0 Å². The molecule has 0 unspecified atom stereocenters. The Bertz CT molecular complexity index is 847. The first-order valence-electron chi connectivity index (χ1n) is 11.7. The van der Waals surface area contributed by atoms with Crippen molar-refractivity contribution in [2.45, 2.75) is 96.6 Å². The normalized spacial score (nSPS) is 33.0. The minimum atomic E-state index is -0.834. The largest absolute Gasteiger partial charge is 0.456 e. The van der Waals surface area contributed by atoms with Gasteiger partial charge in [-0.25, -0.2) is 0 Å². The predicted octanol–water partition coefficient (Wildman–Crippen LogP) is 2.10. The molecule has 2 saturated heterocycles. The van der Waals surface area contributed by atoms with E-state index in [0.717, 1.165) is 12.8 Å². The maximum absolute atomic E-state index is 12.0. The van der Waals surface area contributed by atoms with Crippen molar-refractivity contribution in [1.29, 1.82) is 0 Å². The highest BCUT2D eigenvalue weighted by atomic mass is 16.6. The monoisotopic (exact) mass is 478 g/mol. The van der Waals surface area contributed by atoms with Gasteiger partial charge in [0.25, 0.3) is 0 Å². The van der Waals surface area contributed by atoms with Crippen LogP contribution in [0.5, 0.6) is 0 Å². The van der Waals surface area contributed by atoms with Gasteiger partial charge >= 0.3 is 17.9 Å². The first kappa shape index (κ1) is 26.2. The molecule has 0 N–H and O–H groups in total. The van der Waals surface area contributed by atoms with Gasteiger partial charge in [-0.1, -0.05) is 11.8 Å². The van der Waals surface area contributed by atoms with Gasteiger partial charge in [0.1, 0.15) is 24.4 Å². The van der Waals surface area contributed by atoms with Crippen LogP contribution in [0, 0.1) is 17.3 Å². The molecule has 2 fully saturated rings. The van der Waals surface area contributed by atoms with Crippen LogP contribution in [0.25, 0.3) is 0 Å². The Morgan fingerprint density at radius 3 is 2.32 bits per heavy atom. The highest BCUT2D eigenvalue weighted by Gasteiger charge is 2.51. The molecule has 188 valence electrons. The summed E-state index contributed by atoms with van der Waals surface area (Å²) < 4.78 is 34.1. The minimum absolute atomic E-state index is 0.212. The standard InChI is InChI=1S/C25H34O9/c1-15(26)31-22-20(34-19-10-7-13-29-21(19)23(22)32-16(2)27)9-6-8-17-11-12-18(14-30-17)33-24(28)25(3,4)5/h11-12,17-23H,7,9-10,13-14H2,1-5H3/t17-,18-,19+,20-,21+,22-,23-/m1/s1. The topological polar surface area (TPSA) is 107 Å². The molecule has 3 heterocycles. The number of fused-ring (bicyclic) bond motifs is 1. The van der Waals surface area contributed by atoms with Crippen LogP contribution in [0.1, 0.15) is 53.9 Å². The maximum Gasteiger partial charge on any atom is 0.311 e. The zero-order chi connectivity index (χ0) is 24.9. The van der Waals surface area contributed by atoms with Gasteiger partial charge < -0.3 is 28.4 Å². The summed E-state index contributed by atoms with van der Waals surface area (Å²) in [6.45, 7) is 8.72. The Kier molecular flexibility index (Phi) is 8.74. The molecule has 3 aliphatic rings. The molecule has 0 aliphatic carbocycles. The van der Waals surface area contributed by atoms with Crippen LogP contribution in [-0.4, -0.2) is 73.8 Å². The Hall–Kier alpha value is -2.41. The number of carbonyl (C=O) groups is 3. The van der Waals surface area contributed by atoms with Gasteiger partial charge in [0.2, 0.25) is 0 Å². The molecular weight excluding hydrogens is 444 g/mol. The SMILES string of the molecule is CC(=O)O[C@@H]1[C@H]2OCCC[C@@H]2O[C@H](CC#C[C@@H]2C=C[C@@H](OC(=O)C(C)(C)C)CO2)[C@H]1OC(C)=O. The summed E-state index contributed by atoms with van der Waals surface area (Å²) in [5.41, 5.74) is -0.588. The molecule has 0 radical (unpaired) electrons. The number of esters is 3. The molecule has 0 aromatic rings. The molecule has 0 amide bonds. The van der Waals surface area contributed by atoms with Crippen LogP contribution in [0.4, 0.5) is 0 Å². The summed E-state index contributed by atoms with van der Waals surface area (Å²) in [6.07, 6.45) is 1.46. The van der Waals surface area contributed by atoms with Crippen molar-refractivity contribution in [1.82, 2.24) is 0 Å². The fourth-order valence-corrected chi connectivity index (χ4v) is 4.02. The molecule has 34 heavy (non-hydrogen) atoms. The molecular formula is C25H34O9. The predicted molar refractivity (Wildman–Crippen MR) is 119 cm³/mol. The van der Waals surface area contributed by atoms with E-state index in [-0.39, 0.29) is 25.1 Å². The van der Waals surface area contributed by atoms with Gasteiger partial charge in [0.05, 0.1) is 18.1 Å². The molecule has 0 saturated carbocycles. The van der Waals surface area contributed by atoms with Crippen molar-refractivity contribution < 1.29 is 42.8 Å². The number of carbonyl (C=O) groups excluding carboxylic acids is 3. The average molecular weight is 479 g/mol. The van der Waals surface area contributed by atoms with Crippen molar-refractivity contribution >= 4 is 17.9 Å². The average Bonchev–Trinajstić information content (AvgIpc) is 2.75. The van der Waals surface area contributed by atoms with Gasteiger partial charge in [-0.2, -0.15) is 0 Å². The van der Waals surface area contributed by atoms with Crippen LogP contribution in [0.3, 0.4) is 0 Å². The van der Waals surface area contributed by atoms with E-state index >= 15 is 0 Å². The highest BCUT2D eigenvalue weighted by molar-refractivity contribution is 5.75. The van der Waals surface area contributed by atoms with E-state index in [1.54, 1.807) is 32.9 Å². The Balaban J connectivity index is 1.66. The third-order valence-electron chi connectivity index (χ3n) is 5.64. The second-order valence-electron chi connectivity index (χ2n) is 9.70. The zero-order valence-corrected chi connectivity index (χ0v) is 20.4. The van der Waals surface area contributed by atoms with E-state index in [1.165, 1.54) is 13.8 Å². The second-order valence-corrected chi connectivity index (χ2v) is 9.70. The van der Waals surface area contributed by atoms with Gasteiger partial charge in [-0.3, -0.25) is 14.4 Å². The molecule has 9 heteroatoms. The van der Waals surface area contributed by atoms with Crippen LogP contribution in [0.2, 0.25) is 0 Å². The molecule has 7 atom stereocenters. The summed E-state index contributed by atoms with van der Waals surface area (Å²) in [5.74, 6) is 4.77. The smallest absolute Gasteiger partial charge is 0.311 e. The summed E-state index contributed by atoms with van der Waals surface area (Å²) in [4.78, 5) is 35.6. The van der Waals surface area contributed by atoms with Crippen LogP contribution < -0.4 is 0 Å². The third-order valence-corrected chi connectivity index (χ3v) is 5.64. The van der Waals surface area contributed by atoms with Crippen molar-refractivity contribution in [3.63, 3.8) is 0 Å². The van der Waals surface area contributed by atoms with Crippen LogP contribution in [-0.2, 0) is 42.8 Å². The summed E-state index contributed by atoms with van der Waals surface area (Å²) >= 11 is 0. The highest BCUT2D eigenvalue weighted by Crippen LogP contribution is 2.34. The van der Waals surface area contributed by atoms with E-state index in [2.05, 4.69) is 11.8 Å². The lowest BCUT2D eigenvalue weighted by Crippen LogP contribution is -2.61. The van der Waals surface area contributed by atoms with Crippen molar-refractivity contribution in [2.75, 3.05) is 13.2 Å². The van der Waals surface area contributed by atoms with Crippen molar-refractivity contribution in [3.05, 3.63) is 12.2 Å². The molecule has 0 bridgehead atoms. The maximum atomic E-state index is 12.0. The Morgan fingerprint density at radius 1 is 1.00 bits per heavy atom. The number of rotatable bonds is 4. The van der Waals surface area contributed by atoms with Crippen molar-refractivity contribution in [2.24, 2.45) is 5.41 Å². The zero-order valence-electron chi connectivity index (χ0n) is 20.4. The fraction of sp³-hybridized carbons (Fsp3) is 0.720. The van der Waals surface area contributed by atoms with Gasteiger partial charge in [0, 0.05) is 26.9 Å². The van der Waals surface area contributed by atoms with Crippen LogP contribution in [0.15, 0.2) is 12.2 Å². The van der Waals surface area contributed by atoms with Gasteiger partial charge in [-0.05, 0) is 45.8 Å². The molecule has 0 aromatic carbocycles.